The second kappa shape index (κ2) is 37.1. The van der Waals surface area contributed by atoms with Crippen LogP contribution in [0.4, 0.5) is 8.78 Å². The van der Waals surface area contributed by atoms with Crippen LogP contribution < -0.4 is 53.4 Å². The number of hydrogen-bond acceptors (Lipinski definition) is 18. The lowest BCUT2D eigenvalue weighted by atomic mass is 9.77. The van der Waals surface area contributed by atoms with E-state index in [0.717, 1.165) is 45.5 Å². The van der Waals surface area contributed by atoms with Crippen LogP contribution in [0.5, 0.6) is 17.2 Å². The van der Waals surface area contributed by atoms with Gasteiger partial charge in [0.05, 0.1) is 50.9 Å². The number of aldehydes is 1. The maximum absolute atomic E-state index is 17.9. The number of aliphatic imine (C=N–C) groups is 1. The number of nitrogens with one attached hydrogen (secondary N) is 2. The summed E-state index contributed by atoms with van der Waals surface area (Å²) in [4.78, 5) is 71.3. The van der Waals surface area contributed by atoms with Gasteiger partial charge in [-0.3, -0.25) is 14.5 Å². The molecule has 0 radical (unpaired) electrons. The minimum absolute atomic E-state index is 0. The highest BCUT2D eigenvalue weighted by atomic mass is 127. The summed E-state index contributed by atoms with van der Waals surface area (Å²) in [5.74, 6) is -5.52. The number of hydrogen-bond donors (Lipinski definition) is 2. The number of amides is 2. The van der Waals surface area contributed by atoms with Crippen LogP contribution in [0, 0.1) is 11.6 Å². The number of para-hydroxylation sites is 1. The Hall–Kier alpha value is -9.97. The lowest BCUT2D eigenvalue weighted by molar-refractivity contribution is -0.661. The van der Waals surface area contributed by atoms with Crippen LogP contribution in [0.1, 0.15) is 57.6 Å². The van der Waals surface area contributed by atoms with E-state index >= 15 is 13.6 Å². The number of methoxy groups -OCH3 is 3. The number of amidine groups is 1. The molecule has 4 unspecified atom stereocenters. The van der Waals surface area contributed by atoms with Crippen molar-refractivity contribution >= 4 is 62.6 Å². The first-order chi connectivity index (χ1) is 51.0. The van der Waals surface area contributed by atoms with Gasteiger partial charge in [0.2, 0.25) is 34.9 Å². The summed E-state index contributed by atoms with van der Waals surface area (Å²) in [7, 11) is 2.73. The van der Waals surface area contributed by atoms with Gasteiger partial charge in [0, 0.05) is 59.0 Å². The molecule has 0 saturated carbocycles. The predicted octanol–water partition coefficient (Wildman–Crippen LogP) is 9.36. The van der Waals surface area contributed by atoms with Gasteiger partial charge in [0.15, 0.2) is 49.2 Å². The molecule has 1 fully saturated rings. The molecule has 20 nitrogen and oxygen atoms in total. The molecular formula is C80H75F2IN6O14S2. The quantitative estimate of drug-likeness (QED) is 0.00442. The van der Waals surface area contributed by atoms with Crippen LogP contribution in [-0.2, 0) is 81.8 Å². The summed E-state index contributed by atoms with van der Waals surface area (Å²) in [6.45, 7) is -0.343. The molecule has 25 heteroatoms. The van der Waals surface area contributed by atoms with E-state index in [-0.39, 0.29) is 73.8 Å². The van der Waals surface area contributed by atoms with E-state index in [4.69, 9.17) is 57.0 Å². The predicted molar refractivity (Wildman–Crippen MR) is 388 cm³/mol. The van der Waals surface area contributed by atoms with Crippen molar-refractivity contribution in [2.75, 3.05) is 61.3 Å². The van der Waals surface area contributed by atoms with Crippen molar-refractivity contribution in [1.82, 2.24) is 15.5 Å². The lowest BCUT2D eigenvalue weighted by Gasteiger charge is -2.50. The van der Waals surface area contributed by atoms with Crippen LogP contribution in [0.25, 0.3) is 10.9 Å². The fraction of sp³-hybridized carbons (Fsp3) is 0.225. The van der Waals surface area contributed by atoms with Crippen molar-refractivity contribution in [1.29, 1.82) is 0 Å². The normalized spacial score (nSPS) is 16.6. The van der Waals surface area contributed by atoms with Crippen LogP contribution in [0.2, 0.25) is 0 Å². The van der Waals surface area contributed by atoms with Crippen LogP contribution in [0.3, 0.4) is 0 Å². The summed E-state index contributed by atoms with van der Waals surface area (Å²) < 4.78 is 92.7. The Morgan fingerprint density at radius 3 is 1.88 bits per heavy atom. The summed E-state index contributed by atoms with van der Waals surface area (Å²) in [6, 6.07) is 65.2. The SMILES string of the molecule is COCCOCOc1c(F)cc(C(ON=S2C=C(CC(=O)N[C@H]3C(=O)N4C(OCc5ccc(OC)cc5)=C(C=CC[n+]5cccc6ccccc65)C(C=O)SC34)N=C2NC(c2ccccc2)(c2ccccc2)c2ccccc2)C(=O)OC(c2ccccc2)c2ccccc2)c(F)c1OCOCCOC.[I-]. The largest absolute Gasteiger partial charge is 1.00 e. The van der Waals surface area contributed by atoms with Gasteiger partial charge in [0.25, 0.3) is 5.91 Å². The Morgan fingerprint density at radius 2 is 1.29 bits per heavy atom. The van der Waals surface area contributed by atoms with Gasteiger partial charge in [-0.15, -0.1) is 11.8 Å². The number of thioether (sulfide) groups is 1. The van der Waals surface area contributed by atoms with Crippen LogP contribution >= 0.6 is 11.8 Å². The highest BCUT2D eigenvalue weighted by molar-refractivity contribution is 8.05. The molecule has 2 N–H and O–H groups in total. The molecule has 542 valence electrons. The molecule has 1 aromatic heterocycles. The van der Waals surface area contributed by atoms with Gasteiger partial charge < -0.3 is 82.0 Å². The smallest absolute Gasteiger partial charge is 0.343 e. The lowest BCUT2D eigenvalue weighted by Crippen LogP contribution is -3.00. The van der Waals surface area contributed by atoms with Crippen molar-refractivity contribution in [2.24, 2.45) is 9.52 Å². The van der Waals surface area contributed by atoms with Crippen molar-refractivity contribution < 1.29 is 104 Å². The molecule has 4 heterocycles. The second-order valence-electron chi connectivity index (χ2n) is 23.8. The zero-order valence-electron chi connectivity index (χ0n) is 57.4. The average Bonchev–Trinajstić information content (AvgIpc) is 0.984. The first-order valence-corrected chi connectivity index (χ1v) is 35.5. The number of aromatic nitrogens is 1. The van der Waals surface area contributed by atoms with Gasteiger partial charge in [-0.25, -0.2) is 23.4 Å². The number of carbonyl (C=O) groups excluding carboxylic acids is 4. The Balaban J connectivity index is 0.0000110. The van der Waals surface area contributed by atoms with E-state index in [1.54, 1.807) is 91.4 Å². The van der Waals surface area contributed by atoms with Crippen molar-refractivity contribution in [3.8, 4) is 17.2 Å². The zero-order chi connectivity index (χ0) is 72.2. The monoisotopic (exact) mass is 1570 g/mol. The zero-order valence-corrected chi connectivity index (χ0v) is 61.2. The summed E-state index contributed by atoms with van der Waals surface area (Å²) in [5.41, 5.74) is 3.70. The Labute approximate surface area is 630 Å². The number of benzene rings is 8. The fourth-order valence-corrected chi connectivity index (χ4v) is 14.7. The maximum atomic E-state index is 17.9. The first kappa shape index (κ1) is 76.2. The number of allylic oxidation sites excluding steroid dienone is 2. The second-order valence-corrected chi connectivity index (χ2v) is 26.5. The number of carbonyl (C=O) groups is 4. The minimum Gasteiger partial charge on any atom is -1.00 e. The Kier molecular flexibility index (Phi) is 26.9. The number of esters is 1. The average molecular weight is 1570 g/mol. The van der Waals surface area contributed by atoms with E-state index in [1.807, 2.05) is 152 Å². The molecule has 5 atom stereocenters. The van der Waals surface area contributed by atoms with Crippen LogP contribution in [-0.4, -0.2) is 112 Å². The van der Waals surface area contributed by atoms with E-state index in [0.29, 0.717) is 29.0 Å². The van der Waals surface area contributed by atoms with Gasteiger partial charge in [-0.1, -0.05) is 180 Å². The molecule has 2 amide bonds. The van der Waals surface area contributed by atoms with Crippen LogP contribution in [0.15, 0.2) is 269 Å². The molecule has 0 bridgehead atoms. The third-order valence-electron chi connectivity index (χ3n) is 17.2. The number of nitrogens with zero attached hydrogens (tertiary/aromatic N) is 4. The molecule has 12 rings (SSSR count). The summed E-state index contributed by atoms with van der Waals surface area (Å²) in [5, 5.41) is 7.77. The van der Waals surface area contributed by atoms with Crippen molar-refractivity contribution in [3.63, 3.8) is 0 Å². The molecular weight excluding hydrogens is 1500 g/mol. The number of β-lactam (4-membered cyclic amide) rings is 1. The number of pyridine rings is 1. The molecule has 0 aliphatic carbocycles. The van der Waals surface area contributed by atoms with Gasteiger partial charge in [-0.05, 0) is 75.9 Å². The van der Waals surface area contributed by atoms with E-state index < -0.39 is 112 Å². The van der Waals surface area contributed by atoms with Crippen molar-refractivity contribution in [2.45, 2.75) is 54.0 Å². The number of halogens is 3. The Bertz CT molecular complexity index is 4490. The number of ether oxygens (including phenoxy) is 9. The van der Waals surface area contributed by atoms with E-state index in [2.05, 4.69) is 15.2 Å². The van der Waals surface area contributed by atoms with Gasteiger partial charge in [0.1, 0.15) is 35.6 Å². The summed E-state index contributed by atoms with van der Waals surface area (Å²) in [6.07, 6.45) is 2.70. The van der Waals surface area contributed by atoms with E-state index in [1.165, 1.54) is 30.9 Å². The molecule has 3 aliphatic rings. The highest BCUT2D eigenvalue weighted by Gasteiger charge is 2.56. The molecule has 105 heavy (non-hydrogen) atoms. The van der Waals surface area contributed by atoms with Gasteiger partial charge >= 0.3 is 5.97 Å². The van der Waals surface area contributed by atoms with Crippen molar-refractivity contribution in [3.05, 3.63) is 310 Å². The molecule has 9 aromatic rings. The summed E-state index contributed by atoms with van der Waals surface area (Å²) >= 11 is 1.20. The number of fused-ring (bicyclic) bond motifs is 2. The standard InChI is InChI=1S/C80H74F2N6O14S2.HI/c1-93-43-45-96-52-99-73-65(81)48-64(69(82)74(73)100-53-97-46-44-94-2)72(78(92)101-71(56-24-9-4-10-25-56)57-26-11-5-12-27-57)102-86-104-51-61(83-79(104)85-80(58-29-13-6-14-30-58,59-31-15-7-16-32-59)60-33-17-8-18-34-60)47-68(90)84-70-75(91)88-76(98-50-54-37-39-62(95-3)40-38-54)63(67(49-89)103-77(70)88)35-22-42-87-41-21-28-55-23-19-20-36-66(55)87;/h4-41,48-49,51,67,70-72,77H,42-47,50,52-53H2,1-3H3,(H-,83,84,85,90);1H/t67?,70-,72?,77?,104?;/m0./s1. The minimum atomic E-state index is -2.21. The maximum Gasteiger partial charge on any atom is 0.343 e. The highest BCUT2D eigenvalue weighted by Crippen LogP contribution is 2.46. The topological polar surface area (TPSA) is 216 Å². The molecule has 3 aliphatic heterocycles. The third-order valence-corrected chi connectivity index (χ3v) is 19.9. The molecule has 0 spiro atoms. The van der Waals surface area contributed by atoms with Gasteiger partial charge in [-0.2, -0.15) is 4.57 Å². The first-order valence-electron chi connectivity index (χ1n) is 33.3. The van der Waals surface area contributed by atoms with E-state index in [9.17, 15) is 14.4 Å². The fourth-order valence-electron chi connectivity index (χ4n) is 12.1. The number of rotatable bonds is 34. The Morgan fingerprint density at radius 1 is 0.714 bits per heavy atom. The molecule has 8 aromatic carbocycles. The molecule has 1 saturated heterocycles. The third kappa shape index (κ3) is 18.1.